The van der Waals surface area contributed by atoms with Crippen LogP contribution in [0.5, 0.6) is 0 Å². The van der Waals surface area contributed by atoms with Crippen molar-refractivity contribution >= 4 is 33.6 Å². The van der Waals surface area contributed by atoms with Crippen molar-refractivity contribution in [2.24, 2.45) is 5.92 Å². The molecule has 0 aliphatic carbocycles. The van der Waals surface area contributed by atoms with Crippen molar-refractivity contribution in [2.45, 2.75) is 19.4 Å². The Bertz CT molecular complexity index is 1130. The van der Waals surface area contributed by atoms with Crippen LogP contribution < -0.4 is 10.2 Å². The highest BCUT2D eigenvalue weighted by Gasteiger charge is 2.32. The van der Waals surface area contributed by atoms with E-state index in [1.807, 2.05) is 24.3 Å². The molecule has 1 atom stereocenters. The smallest absolute Gasteiger partial charge is 0.253 e. The third-order valence-electron chi connectivity index (χ3n) is 5.41. The molecule has 1 N–H and O–H groups in total. The first kappa shape index (κ1) is 21.2. The van der Waals surface area contributed by atoms with Gasteiger partial charge in [0.1, 0.15) is 11.6 Å². The highest BCUT2D eigenvalue weighted by Crippen LogP contribution is 2.30. The number of benzene rings is 2. The fraction of sp³-hybridized carbons (Fsp3) is 0.208. The summed E-state index contributed by atoms with van der Waals surface area (Å²) in [5, 5.41) is 2.83. The summed E-state index contributed by atoms with van der Waals surface area (Å²) in [5.41, 5.74) is 3.19. The topological polar surface area (TPSA) is 62.3 Å². The number of amides is 2. The highest BCUT2D eigenvalue weighted by molar-refractivity contribution is 9.10. The van der Waals surface area contributed by atoms with Crippen molar-refractivity contribution in [1.29, 1.82) is 0 Å². The summed E-state index contributed by atoms with van der Waals surface area (Å²) in [6, 6.07) is 15.7. The normalized spacial score (nSPS) is 15.5. The fourth-order valence-electron chi connectivity index (χ4n) is 3.81. The molecule has 31 heavy (non-hydrogen) atoms. The summed E-state index contributed by atoms with van der Waals surface area (Å²) < 4.78 is 14.0. The number of nitrogens with zero attached hydrogens (tertiary/aromatic N) is 2. The Hall–Kier alpha value is -3.06. The molecule has 0 spiro atoms. The molecule has 1 aromatic heterocycles. The van der Waals surface area contributed by atoms with Crippen molar-refractivity contribution in [3.05, 3.63) is 93.3 Å². The van der Waals surface area contributed by atoms with Crippen LogP contribution >= 0.6 is 15.9 Å². The Balaban J connectivity index is 1.49. The first-order chi connectivity index (χ1) is 14.9. The third kappa shape index (κ3) is 4.82. The van der Waals surface area contributed by atoms with Gasteiger partial charge < -0.3 is 5.32 Å². The van der Waals surface area contributed by atoms with E-state index in [0.29, 0.717) is 30.8 Å². The number of carbonyl (C=O) groups is 2. The summed E-state index contributed by atoms with van der Waals surface area (Å²) in [6.45, 7) is 0.292. The molecule has 2 heterocycles. The quantitative estimate of drug-likeness (QED) is 0.591. The lowest BCUT2D eigenvalue weighted by Gasteiger charge is -2.30. The first-order valence-electron chi connectivity index (χ1n) is 9.94. The van der Waals surface area contributed by atoms with Gasteiger partial charge in [-0.3, -0.25) is 14.5 Å². The summed E-state index contributed by atoms with van der Waals surface area (Å²) >= 11 is 3.47. The maximum absolute atomic E-state index is 13.0. The van der Waals surface area contributed by atoms with Crippen LogP contribution in [0.25, 0.3) is 0 Å². The Labute approximate surface area is 188 Å². The summed E-state index contributed by atoms with van der Waals surface area (Å²) in [6.07, 6.45) is 2.62. The summed E-state index contributed by atoms with van der Waals surface area (Å²) in [7, 11) is 1.72. The van der Waals surface area contributed by atoms with E-state index < -0.39 is 0 Å². The van der Waals surface area contributed by atoms with Crippen molar-refractivity contribution in [2.75, 3.05) is 11.9 Å². The maximum Gasteiger partial charge on any atom is 0.253 e. The van der Waals surface area contributed by atoms with Gasteiger partial charge in [-0.15, -0.1) is 0 Å². The molecular weight excluding hydrogens is 461 g/mol. The number of carbonyl (C=O) groups excluding carboxylic acids is 2. The van der Waals surface area contributed by atoms with Crippen LogP contribution in [-0.4, -0.2) is 23.8 Å². The van der Waals surface area contributed by atoms with Gasteiger partial charge in [0.05, 0.1) is 5.56 Å². The number of aromatic nitrogens is 1. The second-order valence-corrected chi connectivity index (χ2v) is 8.56. The fourth-order valence-corrected chi connectivity index (χ4v) is 4.25. The van der Waals surface area contributed by atoms with Gasteiger partial charge in [-0.05, 0) is 59.9 Å². The largest absolute Gasteiger partial charge is 0.348 e. The standard InChI is InChI=1S/C24H21BrFN3O2/c1-29-22-17(11-18(24(29)31)9-16-3-2-4-20(25)10-16)12-19(14-27-22)23(30)28-13-15-5-7-21(26)8-6-15/h2-8,10,12,14,18H,9,11,13H2,1H3,(H,28,30). The lowest BCUT2D eigenvalue weighted by atomic mass is 9.88. The van der Waals surface area contributed by atoms with E-state index in [-0.39, 0.29) is 23.5 Å². The third-order valence-corrected chi connectivity index (χ3v) is 5.90. The molecule has 7 heteroatoms. The second-order valence-electron chi connectivity index (χ2n) is 7.65. The molecule has 2 aromatic carbocycles. The molecule has 1 aliphatic heterocycles. The van der Waals surface area contributed by atoms with Crippen LogP contribution in [0, 0.1) is 11.7 Å². The number of rotatable bonds is 5. The summed E-state index contributed by atoms with van der Waals surface area (Å²) in [4.78, 5) is 31.4. The minimum absolute atomic E-state index is 0.0217. The number of nitrogens with one attached hydrogen (secondary N) is 1. The molecule has 3 aromatic rings. The number of halogens is 2. The van der Waals surface area contributed by atoms with E-state index in [4.69, 9.17) is 0 Å². The number of pyridine rings is 1. The van der Waals surface area contributed by atoms with Gasteiger partial charge in [-0.2, -0.15) is 0 Å². The van der Waals surface area contributed by atoms with Crippen LogP contribution in [0.1, 0.15) is 27.0 Å². The SMILES string of the molecule is CN1C(=O)C(Cc2cccc(Br)c2)Cc2cc(C(=O)NCc3ccc(F)cc3)cnc21. The van der Waals surface area contributed by atoms with Crippen LogP contribution in [-0.2, 0) is 24.2 Å². The Morgan fingerprint density at radius 2 is 1.97 bits per heavy atom. The van der Waals surface area contributed by atoms with Crippen LogP contribution in [0.15, 0.2) is 65.3 Å². The zero-order valence-corrected chi connectivity index (χ0v) is 18.5. The van der Waals surface area contributed by atoms with E-state index in [1.54, 1.807) is 30.1 Å². The molecule has 0 bridgehead atoms. The predicted molar refractivity (Wildman–Crippen MR) is 120 cm³/mol. The molecular formula is C24H21BrFN3O2. The van der Waals surface area contributed by atoms with Gasteiger partial charge in [0.25, 0.3) is 5.91 Å². The van der Waals surface area contributed by atoms with Gasteiger partial charge in [-0.1, -0.05) is 40.2 Å². The highest BCUT2D eigenvalue weighted by atomic mass is 79.9. The van der Waals surface area contributed by atoms with Gasteiger partial charge >= 0.3 is 0 Å². The van der Waals surface area contributed by atoms with Crippen molar-refractivity contribution in [1.82, 2.24) is 10.3 Å². The molecule has 0 saturated heterocycles. The van der Waals surface area contributed by atoms with Crippen LogP contribution in [0.2, 0.25) is 0 Å². The Morgan fingerprint density at radius 1 is 1.19 bits per heavy atom. The number of hydrogen-bond donors (Lipinski definition) is 1. The number of hydrogen-bond acceptors (Lipinski definition) is 3. The van der Waals surface area contributed by atoms with Crippen molar-refractivity contribution in [3.63, 3.8) is 0 Å². The minimum Gasteiger partial charge on any atom is -0.348 e. The van der Waals surface area contributed by atoms with Crippen molar-refractivity contribution in [3.8, 4) is 0 Å². The molecule has 4 rings (SSSR count). The molecule has 5 nitrogen and oxygen atoms in total. The first-order valence-corrected chi connectivity index (χ1v) is 10.7. The molecule has 0 fully saturated rings. The van der Waals surface area contributed by atoms with Gasteiger partial charge in [-0.25, -0.2) is 9.37 Å². The molecule has 158 valence electrons. The second kappa shape index (κ2) is 8.98. The molecule has 0 saturated carbocycles. The van der Waals surface area contributed by atoms with E-state index >= 15 is 0 Å². The lowest BCUT2D eigenvalue weighted by Crippen LogP contribution is -2.40. The number of anilines is 1. The van der Waals surface area contributed by atoms with E-state index in [1.165, 1.54) is 18.3 Å². The summed E-state index contributed by atoms with van der Waals surface area (Å²) in [5.74, 6) is -0.182. The minimum atomic E-state index is -0.315. The lowest BCUT2D eigenvalue weighted by molar-refractivity contribution is -0.122. The molecule has 2 amide bonds. The van der Waals surface area contributed by atoms with E-state index in [2.05, 4.69) is 26.2 Å². The van der Waals surface area contributed by atoms with Crippen LogP contribution in [0.3, 0.4) is 0 Å². The number of fused-ring (bicyclic) bond motifs is 1. The zero-order valence-electron chi connectivity index (χ0n) is 16.9. The average Bonchev–Trinajstić information content (AvgIpc) is 2.76. The van der Waals surface area contributed by atoms with Gasteiger partial charge in [0.2, 0.25) is 5.91 Å². The van der Waals surface area contributed by atoms with Crippen molar-refractivity contribution < 1.29 is 14.0 Å². The van der Waals surface area contributed by atoms with Crippen LogP contribution in [0.4, 0.5) is 10.2 Å². The van der Waals surface area contributed by atoms with Gasteiger partial charge in [0, 0.05) is 30.2 Å². The Kier molecular flexibility index (Phi) is 6.13. The molecule has 1 aliphatic rings. The maximum atomic E-state index is 13.0. The zero-order chi connectivity index (χ0) is 22.0. The molecule has 1 unspecified atom stereocenters. The molecule has 0 radical (unpaired) electrons. The average molecular weight is 482 g/mol. The Morgan fingerprint density at radius 3 is 2.71 bits per heavy atom. The monoisotopic (exact) mass is 481 g/mol. The van der Waals surface area contributed by atoms with E-state index in [0.717, 1.165) is 21.2 Å². The van der Waals surface area contributed by atoms with E-state index in [9.17, 15) is 14.0 Å². The van der Waals surface area contributed by atoms with Gasteiger partial charge in [0.15, 0.2) is 0 Å². The predicted octanol–water partition coefficient (Wildman–Crippen LogP) is 4.29.